The van der Waals surface area contributed by atoms with Crippen LogP contribution >= 0.6 is 0 Å². The van der Waals surface area contributed by atoms with Crippen LogP contribution in [-0.4, -0.2) is 27.8 Å². The number of rotatable bonds is 3. The van der Waals surface area contributed by atoms with Gasteiger partial charge in [0, 0.05) is 17.7 Å². The first-order valence-corrected chi connectivity index (χ1v) is 4.43. The van der Waals surface area contributed by atoms with Crippen molar-refractivity contribution in [2.75, 3.05) is 6.54 Å². The highest BCUT2D eigenvalue weighted by Crippen LogP contribution is 2.33. The van der Waals surface area contributed by atoms with Crippen LogP contribution in [0.5, 0.6) is 11.5 Å². The van der Waals surface area contributed by atoms with Crippen LogP contribution in [0.15, 0.2) is 12.1 Å². The fourth-order valence-electron chi connectivity index (χ4n) is 1.35. The van der Waals surface area contributed by atoms with Gasteiger partial charge < -0.3 is 21.1 Å². The van der Waals surface area contributed by atoms with Gasteiger partial charge in [-0.1, -0.05) is 6.07 Å². The van der Waals surface area contributed by atoms with Crippen molar-refractivity contribution in [3.63, 3.8) is 0 Å². The van der Waals surface area contributed by atoms with Gasteiger partial charge in [0.25, 0.3) is 0 Å². The summed E-state index contributed by atoms with van der Waals surface area (Å²) in [6.07, 6.45) is 0. The molecule has 0 fully saturated rings. The molecular weight excluding hydrogens is 198 g/mol. The van der Waals surface area contributed by atoms with E-state index in [1.165, 1.54) is 19.1 Å². The summed E-state index contributed by atoms with van der Waals surface area (Å²) in [6, 6.07) is 2.71. The Labute approximate surface area is 86.8 Å². The summed E-state index contributed by atoms with van der Waals surface area (Å²) in [5.41, 5.74) is 5.79. The Balaban J connectivity index is 3.25. The predicted octanol–water partition coefficient (Wildman–Crippen LogP) is 0.533. The third kappa shape index (κ3) is 2.02. The van der Waals surface area contributed by atoms with Gasteiger partial charge in [0.15, 0.2) is 0 Å². The number of carbonyl (C=O) groups is 1. The van der Waals surface area contributed by atoms with E-state index >= 15 is 0 Å². The maximum Gasteiger partial charge on any atom is 0.312 e. The zero-order chi connectivity index (χ0) is 11.6. The molecule has 1 atom stereocenters. The Hall–Kier alpha value is -1.75. The quantitative estimate of drug-likeness (QED) is 0.584. The SMILES string of the molecule is Cc1c(O)ccc(C(CN)C(=O)O)c1O. The fourth-order valence-corrected chi connectivity index (χ4v) is 1.35. The number of hydrogen-bond acceptors (Lipinski definition) is 4. The number of phenolic OH excluding ortho intramolecular Hbond substituents is 2. The summed E-state index contributed by atoms with van der Waals surface area (Å²) in [7, 11) is 0. The van der Waals surface area contributed by atoms with Crippen LogP contribution in [0.25, 0.3) is 0 Å². The maximum atomic E-state index is 10.8. The van der Waals surface area contributed by atoms with Crippen LogP contribution in [0, 0.1) is 6.92 Å². The van der Waals surface area contributed by atoms with E-state index in [9.17, 15) is 15.0 Å². The second-order valence-electron chi connectivity index (χ2n) is 3.27. The minimum Gasteiger partial charge on any atom is -0.508 e. The zero-order valence-corrected chi connectivity index (χ0v) is 8.27. The third-order valence-corrected chi connectivity index (χ3v) is 2.34. The molecule has 1 aromatic rings. The van der Waals surface area contributed by atoms with Gasteiger partial charge in [-0.25, -0.2) is 0 Å². The van der Waals surface area contributed by atoms with Crippen molar-refractivity contribution in [1.29, 1.82) is 0 Å². The van der Waals surface area contributed by atoms with Crippen LogP contribution in [-0.2, 0) is 4.79 Å². The van der Waals surface area contributed by atoms with Crippen LogP contribution in [0.1, 0.15) is 17.0 Å². The lowest BCUT2D eigenvalue weighted by Crippen LogP contribution is -2.21. The Bertz CT molecular complexity index is 389. The van der Waals surface area contributed by atoms with Crippen LogP contribution in [0.3, 0.4) is 0 Å². The maximum absolute atomic E-state index is 10.8. The van der Waals surface area contributed by atoms with Crippen molar-refractivity contribution in [2.24, 2.45) is 5.73 Å². The van der Waals surface area contributed by atoms with Gasteiger partial charge in [-0.05, 0) is 13.0 Å². The average molecular weight is 211 g/mol. The van der Waals surface area contributed by atoms with Gasteiger partial charge in [-0.2, -0.15) is 0 Å². The highest BCUT2D eigenvalue weighted by atomic mass is 16.4. The van der Waals surface area contributed by atoms with E-state index in [1.54, 1.807) is 0 Å². The monoisotopic (exact) mass is 211 g/mol. The van der Waals surface area contributed by atoms with Gasteiger partial charge in [0.2, 0.25) is 0 Å². The molecule has 0 aliphatic heterocycles. The standard InChI is InChI=1S/C10H13NO4/c1-5-8(12)3-2-6(9(5)13)7(4-11)10(14)15/h2-3,7,12-13H,4,11H2,1H3,(H,14,15). The molecule has 0 amide bonds. The fraction of sp³-hybridized carbons (Fsp3) is 0.300. The molecule has 0 saturated carbocycles. The molecule has 82 valence electrons. The smallest absolute Gasteiger partial charge is 0.312 e. The van der Waals surface area contributed by atoms with Gasteiger partial charge >= 0.3 is 5.97 Å². The first-order chi connectivity index (χ1) is 6.99. The molecule has 1 unspecified atom stereocenters. The van der Waals surface area contributed by atoms with E-state index < -0.39 is 11.9 Å². The second kappa shape index (κ2) is 4.18. The second-order valence-corrected chi connectivity index (χ2v) is 3.27. The Morgan fingerprint density at radius 2 is 2.07 bits per heavy atom. The molecule has 5 heteroatoms. The van der Waals surface area contributed by atoms with Crippen molar-refractivity contribution < 1.29 is 20.1 Å². The lowest BCUT2D eigenvalue weighted by Gasteiger charge is -2.14. The van der Waals surface area contributed by atoms with Crippen LogP contribution in [0.4, 0.5) is 0 Å². The minimum absolute atomic E-state index is 0.0718. The number of carboxylic acids is 1. The molecule has 1 rings (SSSR count). The topological polar surface area (TPSA) is 104 Å². The molecule has 0 spiro atoms. The van der Waals surface area contributed by atoms with E-state index in [-0.39, 0.29) is 29.2 Å². The Morgan fingerprint density at radius 1 is 1.47 bits per heavy atom. The van der Waals surface area contributed by atoms with Crippen molar-refractivity contribution >= 4 is 5.97 Å². The lowest BCUT2D eigenvalue weighted by atomic mass is 9.96. The normalized spacial score (nSPS) is 12.4. The van der Waals surface area contributed by atoms with Crippen molar-refractivity contribution in [3.05, 3.63) is 23.3 Å². The largest absolute Gasteiger partial charge is 0.508 e. The average Bonchev–Trinajstić information content (AvgIpc) is 2.18. The predicted molar refractivity (Wildman–Crippen MR) is 53.9 cm³/mol. The van der Waals surface area contributed by atoms with Gasteiger partial charge in [-0.3, -0.25) is 4.79 Å². The summed E-state index contributed by atoms with van der Waals surface area (Å²) >= 11 is 0. The number of aromatic hydroxyl groups is 2. The van der Waals surface area contributed by atoms with E-state index in [4.69, 9.17) is 10.8 Å². The molecule has 0 saturated heterocycles. The van der Waals surface area contributed by atoms with Gasteiger partial charge in [0.1, 0.15) is 11.5 Å². The van der Waals surface area contributed by atoms with E-state index in [2.05, 4.69) is 0 Å². The summed E-state index contributed by atoms with van der Waals surface area (Å²) in [5, 5.41) is 27.8. The summed E-state index contributed by atoms with van der Waals surface area (Å²) in [4.78, 5) is 10.8. The van der Waals surface area contributed by atoms with Crippen LogP contribution in [0.2, 0.25) is 0 Å². The third-order valence-electron chi connectivity index (χ3n) is 2.34. The molecule has 0 aliphatic rings. The number of benzene rings is 1. The van der Waals surface area contributed by atoms with E-state index in [1.807, 2.05) is 0 Å². The number of aliphatic carboxylic acids is 1. The molecule has 0 bridgehead atoms. The van der Waals surface area contributed by atoms with E-state index in [0.717, 1.165) is 0 Å². The lowest BCUT2D eigenvalue weighted by molar-refractivity contribution is -0.138. The molecular formula is C10H13NO4. The Kier molecular flexibility index (Phi) is 3.16. The molecule has 0 heterocycles. The number of nitrogens with two attached hydrogens (primary N) is 1. The molecule has 0 aromatic heterocycles. The van der Waals surface area contributed by atoms with Crippen LogP contribution < -0.4 is 5.73 Å². The summed E-state index contributed by atoms with van der Waals surface area (Å²) in [5.74, 6) is -2.34. The molecule has 0 radical (unpaired) electrons. The first kappa shape index (κ1) is 11.3. The summed E-state index contributed by atoms with van der Waals surface area (Å²) in [6.45, 7) is 1.40. The number of carboxylic acid groups (broad SMARTS) is 1. The molecule has 5 N–H and O–H groups in total. The van der Waals surface area contributed by atoms with Crippen molar-refractivity contribution in [2.45, 2.75) is 12.8 Å². The van der Waals surface area contributed by atoms with E-state index in [0.29, 0.717) is 0 Å². The van der Waals surface area contributed by atoms with Crippen molar-refractivity contribution in [3.8, 4) is 11.5 Å². The number of hydrogen-bond donors (Lipinski definition) is 4. The Morgan fingerprint density at radius 3 is 2.53 bits per heavy atom. The molecule has 0 aliphatic carbocycles. The highest BCUT2D eigenvalue weighted by molar-refractivity contribution is 5.78. The molecule has 5 nitrogen and oxygen atoms in total. The number of phenols is 2. The highest BCUT2D eigenvalue weighted by Gasteiger charge is 2.22. The first-order valence-electron chi connectivity index (χ1n) is 4.43. The van der Waals surface area contributed by atoms with Crippen molar-refractivity contribution in [1.82, 2.24) is 0 Å². The van der Waals surface area contributed by atoms with Gasteiger partial charge in [0.05, 0.1) is 5.92 Å². The summed E-state index contributed by atoms with van der Waals surface area (Å²) < 4.78 is 0. The minimum atomic E-state index is -1.10. The van der Waals surface area contributed by atoms with Gasteiger partial charge in [-0.15, -0.1) is 0 Å². The zero-order valence-electron chi connectivity index (χ0n) is 8.27. The molecule has 15 heavy (non-hydrogen) atoms. The molecule has 1 aromatic carbocycles.